The fourth-order valence-electron chi connectivity index (χ4n) is 3.73. The van der Waals surface area contributed by atoms with Crippen LogP contribution in [-0.2, 0) is 6.54 Å². The van der Waals surface area contributed by atoms with Crippen molar-refractivity contribution in [1.82, 2.24) is 16.0 Å². The number of guanidine groups is 1. The summed E-state index contributed by atoms with van der Waals surface area (Å²) in [4.78, 5) is 18.9. The van der Waals surface area contributed by atoms with Crippen molar-refractivity contribution in [3.05, 3.63) is 53.6 Å². The molecule has 1 heterocycles. The van der Waals surface area contributed by atoms with Crippen LogP contribution in [0, 0.1) is 0 Å². The molecule has 0 aliphatic carbocycles. The van der Waals surface area contributed by atoms with Gasteiger partial charge < -0.3 is 30.3 Å². The summed E-state index contributed by atoms with van der Waals surface area (Å²) < 4.78 is 10.8. The molecule has 3 N–H and O–H groups in total. The SMILES string of the molecule is CCNC(=NCc1cccc(C(=O)NC)c1)NC1CCN(c2cc(OC)cc(OC)c2)C1.I. The molecule has 1 amide bonds. The Labute approximate surface area is 213 Å². The molecule has 1 aliphatic rings. The number of ether oxygens (including phenoxy) is 2. The number of aliphatic imine (C=N–C) groups is 1. The highest BCUT2D eigenvalue weighted by Crippen LogP contribution is 2.30. The maximum atomic E-state index is 11.9. The van der Waals surface area contributed by atoms with E-state index in [1.807, 2.05) is 43.3 Å². The van der Waals surface area contributed by atoms with Crippen LogP contribution in [0.25, 0.3) is 0 Å². The Morgan fingerprint density at radius 3 is 2.52 bits per heavy atom. The van der Waals surface area contributed by atoms with Crippen molar-refractivity contribution in [3.63, 3.8) is 0 Å². The molecule has 2 aromatic rings. The van der Waals surface area contributed by atoms with Crippen LogP contribution in [-0.4, -0.2) is 58.8 Å². The number of rotatable bonds is 8. The first kappa shape index (κ1) is 26.6. The summed E-state index contributed by atoms with van der Waals surface area (Å²) in [6, 6.07) is 13.7. The van der Waals surface area contributed by atoms with Gasteiger partial charge in [-0.25, -0.2) is 4.99 Å². The molecular formula is C24H34IN5O3. The lowest BCUT2D eigenvalue weighted by Crippen LogP contribution is -2.44. The molecule has 0 aromatic heterocycles. The molecule has 180 valence electrons. The normalized spacial score (nSPS) is 15.5. The number of anilines is 1. The number of carbonyl (C=O) groups excluding carboxylic acids is 1. The Balaban J connectivity index is 0.00000385. The molecule has 33 heavy (non-hydrogen) atoms. The minimum atomic E-state index is -0.0962. The maximum Gasteiger partial charge on any atom is 0.251 e. The largest absolute Gasteiger partial charge is 0.497 e. The van der Waals surface area contributed by atoms with Crippen LogP contribution in [0.5, 0.6) is 11.5 Å². The maximum absolute atomic E-state index is 11.9. The molecule has 0 bridgehead atoms. The van der Waals surface area contributed by atoms with Gasteiger partial charge in [0.05, 0.1) is 20.8 Å². The van der Waals surface area contributed by atoms with Crippen molar-refractivity contribution >= 4 is 41.5 Å². The lowest BCUT2D eigenvalue weighted by Gasteiger charge is -2.21. The third-order valence-electron chi connectivity index (χ3n) is 5.41. The number of amides is 1. The highest BCUT2D eigenvalue weighted by Gasteiger charge is 2.24. The van der Waals surface area contributed by atoms with Gasteiger partial charge in [-0.05, 0) is 31.0 Å². The number of carbonyl (C=O) groups is 1. The van der Waals surface area contributed by atoms with E-state index in [0.717, 1.165) is 54.8 Å². The average Bonchev–Trinajstić information content (AvgIpc) is 3.30. The molecule has 0 radical (unpaired) electrons. The number of methoxy groups -OCH3 is 2. The zero-order valence-corrected chi connectivity index (χ0v) is 22.0. The summed E-state index contributed by atoms with van der Waals surface area (Å²) >= 11 is 0. The molecule has 1 aliphatic heterocycles. The van der Waals surface area contributed by atoms with Crippen molar-refractivity contribution < 1.29 is 14.3 Å². The molecule has 1 saturated heterocycles. The molecule has 0 spiro atoms. The van der Waals surface area contributed by atoms with Crippen molar-refractivity contribution in [2.24, 2.45) is 4.99 Å². The van der Waals surface area contributed by atoms with E-state index in [0.29, 0.717) is 12.1 Å². The molecular weight excluding hydrogens is 533 g/mol. The minimum absolute atomic E-state index is 0. The Hall–Kier alpha value is -2.69. The smallest absolute Gasteiger partial charge is 0.251 e. The molecule has 8 nitrogen and oxygen atoms in total. The second-order valence-corrected chi connectivity index (χ2v) is 7.62. The van der Waals surface area contributed by atoms with Crippen LogP contribution in [0.4, 0.5) is 5.69 Å². The third-order valence-corrected chi connectivity index (χ3v) is 5.41. The number of hydrogen-bond acceptors (Lipinski definition) is 5. The van der Waals surface area contributed by atoms with Crippen LogP contribution in [0.15, 0.2) is 47.5 Å². The Bertz CT molecular complexity index is 931. The van der Waals surface area contributed by atoms with Crippen molar-refractivity contribution in [2.45, 2.75) is 25.9 Å². The lowest BCUT2D eigenvalue weighted by atomic mass is 10.1. The molecule has 3 rings (SSSR count). The summed E-state index contributed by atoms with van der Waals surface area (Å²) in [7, 11) is 4.96. The summed E-state index contributed by atoms with van der Waals surface area (Å²) in [5.74, 6) is 2.24. The van der Waals surface area contributed by atoms with Crippen LogP contribution >= 0.6 is 24.0 Å². The Morgan fingerprint density at radius 1 is 1.15 bits per heavy atom. The van der Waals surface area contributed by atoms with Gasteiger partial charge in [-0.3, -0.25) is 4.79 Å². The predicted molar refractivity (Wildman–Crippen MR) is 143 cm³/mol. The van der Waals surface area contributed by atoms with E-state index in [1.54, 1.807) is 27.3 Å². The second-order valence-electron chi connectivity index (χ2n) is 7.62. The van der Waals surface area contributed by atoms with Gasteiger partial charge in [0.1, 0.15) is 11.5 Å². The molecule has 2 aromatic carbocycles. The van der Waals surface area contributed by atoms with E-state index in [1.165, 1.54) is 0 Å². The fourth-order valence-corrected chi connectivity index (χ4v) is 3.73. The zero-order valence-electron chi connectivity index (χ0n) is 19.7. The number of benzene rings is 2. The first-order valence-corrected chi connectivity index (χ1v) is 10.9. The first-order valence-electron chi connectivity index (χ1n) is 10.9. The van der Waals surface area contributed by atoms with Gasteiger partial charge in [0.25, 0.3) is 5.91 Å². The molecule has 1 atom stereocenters. The highest BCUT2D eigenvalue weighted by atomic mass is 127. The molecule has 0 saturated carbocycles. The van der Waals surface area contributed by atoms with Gasteiger partial charge in [-0.1, -0.05) is 12.1 Å². The summed E-state index contributed by atoms with van der Waals surface area (Å²) in [6.45, 7) is 5.10. The highest BCUT2D eigenvalue weighted by molar-refractivity contribution is 14.0. The monoisotopic (exact) mass is 567 g/mol. The van der Waals surface area contributed by atoms with Crippen LogP contribution in [0.3, 0.4) is 0 Å². The minimum Gasteiger partial charge on any atom is -0.497 e. The Morgan fingerprint density at radius 2 is 1.88 bits per heavy atom. The second kappa shape index (κ2) is 13.1. The van der Waals surface area contributed by atoms with Gasteiger partial charge in [0, 0.05) is 62.2 Å². The lowest BCUT2D eigenvalue weighted by molar-refractivity contribution is 0.0963. The topological polar surface area (TPSA) is 87.2 Å². The molecule has 9 heteroatoms. The van der Waals surface area contributed by atoms with Crippen LogP contribution in [0.1, 0.15) is 29.3 Å². The molecule has 1 fully saturated rings. The van der Waals surface area contributed by atoms with E-state index in [4.69, 9.17) is 14.5 Å². The van der Waals surface area contributed by atoms with Crippen LogP contribution < -0.4 is 30.3 Å². The van der Waals surface area contributed by atoms with E-state index in [9.17, 15) is 4.79 Å². The standard InChI is InChI=1S/C24H33N5O3.HI/c1-5-26-24(27-15-17-7-6-8-18(11-17)23(30)25-2)28-19-9-10-29(16-19)20-12-21(31-3)14-22(13-20)32-4;/h6-8,11-14,19H,5,9-10,15-16H2,1-4H3,(H,25,30)(H2,26,27,28);1H. The number of halogens is 1. The van der Waals surface area contributed by atoms with Crippen molar-refractivity contribution in [1.29, 1.82) is 0 Å². The summed E-state index contributed by atoms with van der Waals surface area (Å²) in [6.07, 6.45) is 0.996. The van der Waals surface area contributed by atoms with Gasteiger partial charge >= 0.3 is 0 Å². The summed E-state index contributed by atoms with van der Waals surface area (Å²) in [5.41, 5.74) is 2.71. The fraction of sp³-hybridized carbons (Fsp3) is 0.417. The van der Waals surface area contributed by atoms with Crippen LogP contribution in [0.2, 0.25) is 0 Å². The van der Waals surface area contributed by atoms with Crippen molar-refractivity contribution in [3.8, 4) is 11.5 Å². The Kier molecular flexibility index (Phi) is 10.6. The number of nitrogens with zero attached hydrogens (tertiary/aromatic N) is 2. The van der Waals surface area contributed by atoms with E-state index in [-0.39, 0.29) is 35.9 Å². The van der Waals surface area contributed by atoms with E-state index in [2.05, 4.69) is 20.9 Å². The van der Waals surface area contributed by atoms with Gasteiger partial charge in [-0.15, -0.1) is 24.0 Å². The zero-order chi connectivity index (χ0) is 22.9. The van der Waals surface area contributed by atoms with E-state index >= 15 is 0 Å². The summed E-state index contributed by atoms with van der Waals surface area (Å²) in [5, 5.41) is 9.52. The van der Waals surface area contributed by atoms with Gasteiger partial charge in [0.15, 0.2) is 5.96 Å². The number of nitrogens with one attached hydrogen (secondary N) is 3. The van der Waals surface area contributed by atoms with Crippen molar-refractivity contribution in [2.75, 3.05) is 45.8 Å². The number of hydrogen-bond donors (Lipinski definition) is 3. The van der Waals surface area contributed by atoms with Gasteiger partial charge in [-0.2, -0.15) is 0 Å². The molecule has 1 unspecified atom stereocenters. The van der Waals surface area contributed by atoms with Gasteiger partial charge in [0.2, 0.25) is 0 Å². The first-order chi connectivity index (χ1) is 15.6. The predicted octanol–water partition coefficient (Wildman–Crippen LogP) is 3.02. The average molecular weight is 567 g/mol. The van der Waals surface area contributed by atoms with E-state index < -0.39 is 0 Å². The quantitative estimate of drug-likeness (QED) is 0.259. The third kappa shape index (κ3) is 7.41.